The second-order valence-electron chi connectivity index (χ2n) is 4.79. The van der Waals surface area contributed by atoms with E-state index in [1.807, 2.05) is 23.6 Å². The number of rotatable bonds is 5. The van der Waals surface area contributed by atoms with Crippen molar-refractivity contribution >= 4 is 29.0 Å². The Balaban J connectivity index is 1.82. The predicted octanol–water partition coefficient (Wildman–Crippen LogP) is 2.58. The van der Waals surface area contributed by atoms with Gasteiger partial charge in [0.05, 0.1) is 11.8 Å². The number of aromatic amines is 1. The zero-order valence-electron chi connectivity index (χ0n) is 12.0. The maximum atomic E-state index is 12.5. The summed E-state index contributed by atoms with van der Waals surface area (Å²) in [6, 6.07) is 11.7. The molecule has 0 aliphatic rings. The molecule has 0 spiro atoms. The summed E-state index contributed by atoms with van der Waals surface area (Å²) < 4.78 is 0. The van der Waals surface area contributed by atoms with Crippen molar-refractivity contribution in [1.29, 1.82) is 0 Å². The largest absolute Gasteiger partial charge is 0.336 e. The van der Waals surface area contributed by atoms with E-state index in [1.165, 1.54) is 17.5 Å². The fourth-order valence-electron chi connectivity index (χ4n) is 2.08. The molecular weight excluding hydrogens is 312 g/mol. The summed E-state index contributed by atoms with van der Waals surface area (Å²) in [6.07, 6.45) is 1.54. The first-order valence-electron chi connectivity index (χ1n) is 6.92. The van der Waals surface area contributed by atoms with E-state index in [9.17, 15) is 9.59 Å². The molecule has 3 rings (SSSR count). The summed E-state index contributed by atoms with van der Waals surface area (Å²) in [5.41, 5.74) is 1.23. The van der Waals surface area contributed by atoms with Crippen LogP contribution in [0.3, 0.4) is 0 Å². The molecule has 2 heterocycles. The van der Waals surface area contributed by atoms with Gasteiger partial charge in [-0.3, -0.25) is 14.7 Å². The molecule has 0 unspecified atom stereocenters. The molecule has 7 heteroatoms. The smallest absolute Gasteiger partial charge is 0.253 e. The van der Waals surface area contributed by atoms with Gasteiger partial charge in [-0.15, -0.1) is 0 Å². The molecule has 0 fully saturated rings. The normalized spacial score (nSPS) is 11.7. The lowest BCUT2D eigenvalue weighted by atomic mass is 10.1. The minimum Gasteiger partial charge on any atom is -0.336 e. The van der Waals surface area contributed by atoms with Crippen molar-refractivity contribution in [3.05, 3.63) is 70.5 Å². The third-order valence-electron chi connectivity index (χ3n) is 3.21. The average molecular weight is 326 g/mol. The van der Waals surface area contributed by atoms with E-state index in [2.05, 4.69) is 20.8 Å². The fraction of sp³-hybridized carbons (Fsp3) is 0.0625. The number of anilines is 1. The molecule has 0 aliphatic heterocycles. The summed E-state index contributed by atoms with van der Waals surface area (Å²) in [5.74, 6) is -0.162. The van der Waals surface area contributed by atoms with Crippen molar-refractivity contribution in [1.82, 2.24) is 15.5 Å². The van der Waals surface area contributed by atoms with E-state index in [-0.39, 0.29) is 11.8 Å². The average Bonchev–Trinajstić information content (AvgIpc) is 3.26. The molecule has 2 amide bonds. The van der Waals surface area contributed by atoms with Crippen molar-refractivity contribution in [3.8, 4) is 0 Å². The first-order chi connectivity index (χ1) is 11.2. The van der Waals surface area contributed by atoms with Crippen molar-refractivity contribution in [3.63, 3.8) is 0 Å². The van der Waals surface area contributed by atoms with Crippen molar-refractivity contribution in [2.24, 2.45) is 0 Å². The summed E-state index contributed by atoms with van der Waals surface area (Å²) >= 11 is 1.43. The molecular formula is C16H14N4O2S. The number of H-pyrrole nitrogens is 1. The highest BCUT2D eigenvalue weighted by atomic mass is 32.1. The minimum absolute atomic E-state index is 0.292. The lowest BCUT2D eigenvalue weighted by molar-refractivity contribution is -0.118. The third-order valence-corrected chi connectivity index (χ3v) is 3.90. The van der Waals surface area contributed by atoms with Gasteiger partial charge in [-0.1, -0.05) is 30.3 Å². The zero-order valence-corrected chi connectivity index (χ0v) is 12.8. The predicted molar refractivity (Wildman–Crippen MR) is 88.2 cm³/mol. The fourth-order valence-corrected chi connectivity index (χ4v) is 2.72. The van der Waals surface area contributed by atoms with Crippen LogP contribution in [0.1, 0.15) is 22.0 Å². The Morgan fingerprint density at radius 2 is 1.96 bits per heavy atom. The highest BCUT2D eigenvalue weighted by molar-refractivity contribution is 7.08. The molecule has 116 valence electrons. The lowest BCUT2D eigenvalue weighted by Gasteiger charge is -2.18. The summed E-state index contributed by atoms with van der Waals surface area (Å²) in [6.45, 7) is 0. The molecule has 0 saturated heterocycles. The van der Waals surface area contributed by atoms with Crippen molar-refractivity contribution in [2.45, 2.75) is 6.04 Å². The molecule has 0 saturated carbocycles. The van der Waals surface area contributed by atoms with Gasteiger partial charge in [0.1, 0.15) is 11.9 Å². The van der Waals surface area contributed by atoms with Crippen LogP contribution < -0.4 is 10.6 Å². The molecule has 6 nitrogen and oxygen atoms in total. The van der Waals surface area contributed by atoms with Gasteiger partial charge in [0.15, 0.2) is 0 Å². The van der Waals surface area contributed by atoms with Crippen LogP contribution in [0.4, 0.5) is 5.82 Å². The topological polar surface area (TPSA) is 86.9 Å². The monoisotopic (exact) mass is 326 g/mol. The number of aromatic nitrogens is 2. The van der Waals surface area contributed by atoms with Crippen LogP contribution in [0.5, 0.6) is 0 Å². The van der Waals surface area contributed by atoms with E-state index < -0.39 is 6.04 Å². The second kappa shape index (κ2) is 6.89. The quantitative estimate of drug-likeness (QED) is 0.673. The van der Waals surface area contributed by atoms with Crippen LogP contribution in [-0.2, 0) is 4.79 Å². The minimum atomic E-state index is -0.799. The highest BCUT2D eigenvalue weighted by Crippen LogP contribution is 2.16. The van der Waals surface area contributed by atoms with E-state index in [0.717, 1.165) is 0 Å². The molecule has 3 N–H and O–H groups in total. The van der Waals surface area contributed by atoms with Crippen LogP contribution in [0.25, 0.3) is 0 Å². The number of amides is 2. The highest BCUT2D eigenvalue weighted by Gasteiger charge is 2.23. The van der Waals surface area contributed by atoms with E-state index in [1.54, 1.807) is 29.6 Å². The van der Waals surface area contributed by atoms with Gasteiger partial charge in [0.2, 0.25) is 0 Å². The SMILES string of the molecule is O=C(N[C@H](C(=O)Nc1ccn[nH]1)c1ccccc1)c1ccsc1. The van der Waals surface area contributed by atoms with Crippen molar-refractivity contribution < 1.29 is 9.59 Å². The van der Waals surface area contributed by atoms with Gasteiger partial charge < -0.3 is 10.6 Å². The van der Waals surface area contributed by atoms with Crippen LogP contribution in [0.2, 0.25) is 0 Å². The number of hydrogen-bond donors (Lipinski definition) is 3. The van der Waals surface area contributed by atoms with Crippen LogP contribution >= 0.6 is 11.3 Å². The molecule has 23 heavy (non-hydrogen) atoms. The Kier molecular flexibility index (Phi) is 4.49. The van der Waals surface area contributed by atoms with Gasteiger partial charge in [0, 0.05) is 11.4 Å². The molecule has 3 aromatic rings. The van der Waals surface area contributed by atoms with E-state index >= 15 is 0 Å². The molecule has 0 bridgehead atoms. The number of carbonyl (C=O) groups excluding carboxylic acids is 2. The molecule has 1 atom stereocenters. The Morgan fingerprint density at radius 1 is 1.13 bits per heavy atom. The number of thiophene rings is 1. The molecule has 1 aromatic carbocycles. The van der Waals surface area contributed by atoms with E-state index in [4.69, 9.17) is 0 Å². The van der Waals surface area contributed by atoms with Gasteiger partial charge in [-0.25, -0.2) is 0 Å². The Hall–Kier alpha value is -2.93. The Morgan fingerprint density at radius 3 is 2.61 bits per heavy atom. The number of nitrogens with zero attached hydrogens (tertiary/aromatic N) is 1. The summed E-state index contributed by atoms with van der Waals surface area (Å²) in [7, 11) is 0. The zero-order chi connectivity index (χ0) is 16.1. The molecule has 0 radical (unpaired) electrons. The number of carbonyl (C=O) groups is 2. The molecule has 0 aliphatic carbocycles. The molecule has 2 aromatic heterocycles. The second-order valence-corrected chi connectivity index (χ2v) is 5.57. The van der Waals surface area contributed by atoms with Gasteiger partial charge in [-0.05, 0) is 17.0 Å². The van der Waals surface area contributed by atoms with Crippen LogP contribution in [-0.4, -0.2) is 22.0 Å². The van der Waals surface area contributed by atoms with Gasteiger partial charge in [0.25, 0.3) is 11.8 Å². The number of benzene rings is 1. The Labute approximate surface area is 136 Å². The van der Waals surface area contributed by atoms with Crippen LogP contribution in [0.15, 0.2) is 59.4 Å². The maximum absolute atomic E-state index is 12.5. The summed E-state index contributed by atoms with van der Waals surface area (Å²) in [5, 5.41) is 15.5. The van der Waals surface area contributed by atoms with Crippen molar-refractivity contribution in [2.75, 3.05) is 5.32 Å². The third kappa shape index (κ3) is 3.64. The lowest BCUT2D eigenvalue weighted by Crippen LogP contribution is -2.36. The number of nitrogens with one attached hydrogen (secondary N) is 3. The number of hydrogen-bond acceptors (Lipinski definition) is 4. The van der Waals surface area contributed by atoms with Gasteiger partial charge in [-0.2, -0.15) is 16.4 Å². The first-order valence-corrected chi connectivity index (χ1v) is 7.86. The first kappa shape index (κ1) is 15.0. The van der Waals surface area contributed by atoms with Gasteiger partial charge >= 0.3 is 0 Å². The van der Waals surface area contributed by atoms with Crippen LogP contribution in [0, 0.1) is 0 Å². The maximum Gasteiger partial charge on any atom is 0.253 e. The standard InChI is InChI=1S/C16H14N4O2S/c21-15(12-7-9-23-10-12)19-14(11-4-2-1-3-5-11)16(22)18-13-6-8-17-20-13/h1-10,14H,(H,19,21)(H2,17,18,20,22)/t14-/m0/s1. The summed E-state index contributed by atoms with van der Waals surface area (Å²) in [4.78, 5) is 24.8. The Bertz CT molecular complexity index is 770. The van der Waals surface area contributed by atoms with E-state index in [0.29, 0.717) is 16.9 Å².